The van der Waals surface area contributed by atoms with Gasteiger partial charge in [-0.3, -0.25) is 13.8 Å². The molecule has 12 heteroatoms. The Kier molecular flexibility index (Phi) is 7.35. The Morgan fingerprint density at radius 3 is 2.77 bits per heavy atom. The number of fused-ring (bicyclic) bond motifs is 2. The third-order valence-electron chi connectivity index (χ3n) is 6.97. The number of nitrogens with one attached hydrogen (secondary N) is 1. The molecule has 39 heavy (non-hydrogen) atoms. The largest absolute Gasteiger partial charge is 0.760 e. The van der Waals surface area contributed by atoms with Crippen molar-refractivity contribution < 1.29 is 13.5 Å². The van der Waals surface area contributed by atoms with Gasteiger partial charge in [0.15, 0.2) is 0 Å². The summed E-state index contributed by atoms with van der Waals surface area (Å²) >= 11 is -2.30. The Hall–Kier alpha value is -3.68. The van der Waals surface area contributed by atoms with E-state index in [1.807, 2.05) is 63.9 Å². The summed E-state index contributed by atoms with van der Waals surface area (Å²) in [5.41, 5.74) is 5.43. The highest BCUT2D eigenvalue weighted by molar-refractivity contribution is 7.76. The van der Waals surface area contributed by atoms with Crippen LogP contribution in [0.2, 0.25) is 0 Å². The molecular formula is C27H29N8O3S-. The average molecular weight is 546 g/mol. The normalized spacial score (nSPS) is 15.4. The number of rotatable bonds is 9. The lowest BCUT2D eigenvalue weighted by Crippen LogP contribution is -2.38. The van der Waals surface area contributed by atoms with Gasteiger partial charge in [0.1, 0.15) is 0 Å². The fourth-order valence-corrected chi connectivity index (χ4v) is 5.14. The van der Waals surface area contributed by atoms with Gasteiger partial charge in [-0.2, -0.15) is 5.10 Å². The maximum absolute atomic E-state index is 11.4. The van der Waals surface area contributed by atoms with E-state index in [-0.39, 0.29) is 6.54 Å². The number of morpholine rings is 1. The van der Waals surface area contributed by atoms with Gasteiger partial charge in [0, 0.05) is 54.1 Å². The highest BCUT2D eigenvalue weighted by atomic mass is 32.2. The number of aromatic nitrogens is 5. The van der Waals surface area contributed by atoms with Crippen LogP contribution in [0.15, 0.2) is 67.0 Å². The molecule has 1 saturated heterocycles. The van der Waals surface area contributed by atoms with Crippen molar-refractivity contribution in [3.05, 3.63) is 72.6 Å². The summed E-state index contributed by atoms with van der Waals surface area (Å²) in [7, 11) is 1.55. The van der Waals surface area contributed by atoms with Crippen molar-refractivity contribution in [2.24, 2.45) is 0 Å². The van der Waals surface area contributed by atoms with E-state index < -0.39 is 11.3 Å². The van der Waals surface area contributed by atoms with E-state index in [9.17, 15) is 8.76 Å². The summed E-state index contributed by atoms with van der Waals surface area (Å²) in [6.07, 6.45) is 3.65. The molecule has 1 unspecified atom stereocenters. The van der Waals surface area contributed by atoms with Gasteiger partial charge < -0.3 is 14.6 Å². The van der Waals surface area contributed by atoms with Crippen LogP contribution in [0.3, 0.4) is 0 Å². The topological polar surface area (TPSA) is 116 Å². The van der Waals surface area contributed by atoms with Crippen LogP contribution in [0.25, 0.3) is 27.7 Å². The standard InChI is InChI=1S/C27H30N8O3S/c1-32(39(36)37)19-20-4-2-3-5-24(20)26-9-7-23-18-28-27(31-35(23)26)30-22-6-8-25-21(16-22)17-29-34(25)11-10-33-12-14-38-15-13-33/h2-9,16-18H,10-15,19H2,1H3,(H,30,31)(H,36,37)/p-1. The number of benzene rings is 2. The van der Waals surface area contributed by atoms with Gasteiger partial charge in [0.2, 0.25) is 5.95 Å². The van der Waals surface area contributed by atoms with Gasteiger partial charge in [0.05, 0.1) is 48.9 Å². The fraction of sp³-hybridized carbons (Fsp3) is 0.296. The lowest BCUT2D eigenvalue weighted by atomic mass is 10.0. The fourth-order valence-electron chi connectivity index (χ4n) is 4.90. The second-order valence-electron chi connectivity index (χ2n) is 9.52. The molecule has 2 aromatic carbocycles. The Morgan fingerprint density at radius 1 is 1.08 bits per heavy atom. The molecule has 11 nitrogen and oxygen atoms in total. The summed E-state index contributed by atoms with van der Waals surface area (Å²) in [5.74, 6) is 0.453. The number of hydrogen-bond acceptors (Lipinski definition) is 8. The van der Waals surface area contributed by atoms with Crippen molar-refractivity contribution in [1.29, 1.82) is 0 Å². The van der Waals surface area contributed by atoms with Crippen LogP contribution in [0, 0.1) is 0 Å². The smallest absolute Gasteiger partial charge is 0.245 e. The molecule has 1 fully saturated rings. The lowest BCUT2D eigenvalue weighted by molar-refractivity contribution is 0.0361. The summed E-state index contributed by atoms with van der Waals surface area (Å²) < 4.78 is 33.4. The van der Waals surface area contributed by atoms with Crippen LogP contribution in [-0.4, -0.2) is 82.2 Å². The SMILES string of the molecule is CN(Cc1ccccc1-c1ccc2cnc(Nc3ccc4c(cnn4CCN4CCOCC4)c3)nn12)S(=O)[O-]. The Morgan fingerprint density at radius 2 is 1.92 bits per heavy atom. The summed E-state index contributed by atoms with van der Waals surface area (Å²) in [4.78, 5) is 6.90. The van der Waals surface area contributed by atoms with Crippen LogP contribution < -0.4 is 5.32 Å². The van der Waals surface area contributed by atoms with E-state index in [2.05, 4.69) is 26.4 Å². The van der Waals surface area contributed by atoms with Crippen molar-refractivity contribution in [1.82, 2.24) is 33.6 Å². The number of anilines is 2. The Bertz CT molecular complexity index is 1630. The zero-order valence-electron chi connectivity index (χ0n) is 21.6. The monoisotopic (exact) mass is 545 g/mol. The summed E-state index contributed by atoms with van der Waals surface area (Å²) in [6, 6.07) is 17.8. The van der Waals surface area contributed by atoms with Crippen molar-refractivity contribution >= 4 is 39.3 Å². The first-order chi connectivity index (χ1) is 19.0. The molecule has 6 rings (SSSR count). The van der Waals surface area contributed by atoms with E-state index in [0.29, 0.717) is 5.95 Å². The molecule has 0 saturated carbocycles. The third kappa shape index (κ3) is 5.56. The number of nitrogens with zero attached hydrogens (tertiary/aromatic N) is 7. The van der Waals surface area contributed by atoms with Gasteiger partial charge in [0.25, 0.3) is 0 Å². The van der Waals surface area contributed by atoms with E-state index >= 15 is 0 Å². The van der Waals surface area contributed by atoms with Crippen LogP contribution in [-0.2, 0) is 29.1 Å². The molecule has 1 N–H and O–H groups in total. The van der Waals surface area contributed by atoms with E-state index in [1.165, 1.54) is 4.31 Å². The molecule has 1 atom stereocenters. The van der Waals surface area contributed by atoms with Crippen molar-refractivity contribution in [2.75, 3.05) is 45.2 Å². The molecule has 0 amide bonds. The molecule has 4 heterocycles. The van der Waals surface area contributed by atoms with Crippen LogP contribution in [0.4, 0.5) is 11.6 Å². The van der Waals surface area contributed by atoms with Gasteiger partial charge in [-0.05, 0) is 42.9 Å². The minimum absolute atomic E-state index is 0.260. The molecule has 0 spiro atoms. The van der Waals surface area contributed by atoms with Crippen LogP contribution in [0.1, 0.15) is 5.56 Å². The highest BCUT2D eigenvalue weighted by Gasteiger charge is 2.14. The van der Waals surface area contributed by atoms with Crippen molar-refractivity contribution in [2.45, 2.75) is 13.1 Å². The van der Waals surface area contributed by atoms with E-state index in [1.54, 1.807) is 13.2 Å². The zero-order chi connectivity index (χ0) is 26.8. The number of hydrogen-bond donors (Lipinski definition) is 1. The summed E-state index contributed by atoms with van der Waals surface area (Å²) in [5, 5.41) is 13.7. The second kappa shape index (κ2) is 11.2. The van der Waals surface area contributed by atoms with Gasteiger partial charge in [-0.25, -0.2) is 13.8 Å². The molecular weight excluding hydrogens is 516 g/mol. The predicted molar refractivity (Wildman–Crippen MR) is 149 cm³/mol. The van der Waals surface area contributed by atoms with E-state index in [4.69, 9.17) is 9.84 Å². The third-order valence-corrected chi connectivity index (χ3v) is 7.61. The lowest BCUT2D eigenvalue weighted by Gasteiger charge is -2.26. The molecule has 0 aliphatic carbocycles. The summed E-state index contributed by atoms with van der Waals surface area (Å²) in [6.45, 7) is 5.54. The molecule has 0 bridgehead atoms. The highest BCUT2D eigenvalue weighted by Crippen LogP contribution is 2.27. The van der Waals surface area contributed by atoms with Gasteiger partial charge >= 0.3 is 0 Å². The van der Waals surface area contributed by atoms with Crippen LogP contribution in [0.5, 0.6) is 0 Å². The first-order valence-corrected chi connectivity index (χ1v) is 13.8. The molecule has 5 aromatic rings. The molecule has 0 radical (unpaired) electrons. The maximum Gasteiger partial charge on any atom is 0.245 e. The second-order valence-corrected chi connectivity index (χ2v) is 10.6. The van der Waals surface area contributed by atoms with Crippen LogP contribution >= 0.6 is 0 Å². The molecule has 1 aliphatic heterocycles. The Labute approximate surface area is 228 Å². The number of ether oxygens (including phenoxy) is 1. The molecule has 3 aromatic heterocycles. The maximum atomic E-state index is 11.4. The quantitative estimate of drug-likeness (QED) is 0.281. The first kappa shape index (κ1) is 25.6. The molecule has 202 valence electrons. The predicted octanol–water partition coefficient (Wildman–Crippen LogP) is 3.05. The first-order valence-electron chi connectivity index (χ1n) is 12.8. The average Bonchev–Trinajstić information content (AvgIpc) is 3.56. The molecule has 1 aliphatic rings. The van der Waals surface area contributed by atoms with Crippen molar-refractivity contribution in [3.63, 3.8) is 0 Å². The Balaban J connectivity index is 1.23. The zero-order valence-corrected chi connectivity index (χ0v) is 22.4. The van der Waals surface area contributed by atoms with Gasteiger partial charge in [-0.1, -0.05) is 24.3 Å². The minimum atomic E-state index is -2.30. The minimum Gasteiger partial charge on any atom is -0.760 e. The van der Waals surface area contributed by atoms with Gasteiger partial charge in [-0.15, -0.1) is 5.10 Å². The van der Waals surface area contributed by atoms with Crippen molar-refractivity contribution in [3.8, 4) is 11.3 Å². The van der Waals surface area contributed by atoms with E-state index in [0.717, 1.165) is 78.3 Å².